The molecule has 2 aromatic rings. The summed E-state index contributed by atoms with van der Waals surface area (Å²) in [6.45, 7) is 3.55. The normalized spacial score (nSPS) is 12.2. The summed E-state index contributed by atoms with van der Waals surface area (Å²) in [4.78, 5) is 24.6. The Kier molecular flexibility index (Phi) is 6.86. The Bertz CT molecular complexity index is 807. The minimum atomic E-state index is -0.857. The van der Waals surface area contributed by atoms with Crippen LogP contribution in [0, 0.1) is 11.7 Å². The molecule has 0 bridgehead atoms. The van der Waals surface area contributed by atoms with Gasteiger partial charge in [-0.1, -0.05) is 49.7 Å². The number of nitrogens with one attached hydrogen (secondary N) is 2. The molecule has 2 amide bonds. The summed E-state index contributed by atoms with van der Waals surface area (Å²) in [5.41, 5.74) is 3.03. The quantitative estimate of drug-likeness (QED) is 0.600. The number of hydrogen-bond acceptors (Lipinski definition) is 3. The van der Waals surface area contributed by atoms with Crippen molar-refractivity contribution in [3.8, 4) is 0 Å². The first-order valence-corrected chi connectivity index (χ1v) is 8.40. The Hall–Kier alpha value is -2.73. The van der Waals surface area contributed by atoms with Gasteiger partial charge in [-0.05, 0) is 35.7 Å². The fourth-order valence-corrected chi connectivity index (χ4v) is 2.31. The highest BCUT2D eigenvalue weighted by Crippen LogP contribution is 2.09. The molecule has 2 N–H and O–H groups in total. The molecule has 0 radical (unpaired) electrons. The number of hydrogen-bond donors (Lipinski definition) is 2. The second-order valence-corrected chi connectivity index (χ2v) is 6.40. The largest absolute Gasteiger partial charge is 0.340 e. The third kappa shape index (κ3) is 5.39. The molecule has 1 unspecified atom stereocenters. The molecular formula is C19H19ClFN3O2. The summed E-state index contributed by atoms with van der Waals surface area (Å²) in [5.74, 6) is -2.00. The van der Waals surface area contributed by atoms with E-state index in [0.717, 1.165) is 5.56 Å². The average molecular weight is 376 g/mol. The molecule has 2 aromatic carbocycles. The van der Waals surface area contributed by atoms with Crippen LogP contribution in [-0.4, -0.2) is 24.1 Å². The third-order valence-electron chi connectivity index (χ3n) is 3.61. The van der Waals surface area contributed by atoms with Crippen LogP contribution in [0.3, 0.4) is 0 Å². The molecule has 0 aliphatic carbocycles. The summed E-state index contributed by atoms with van der Waals surface area (Å²) in [5, 5.41) is 7.03. The maximum atomic E-state index is 13.7. The van der Waals surface area contributed by atoms with E-state index < -0.39 is 23.7 Å². The first-order chi connectivity index (χ1) is 12.4. The predicted molar refractivity (Wildman–Crippen MR) is 99.7 cm³/mol. The summed E-state index contributed by atoms with van der Waals surface area (Å²) < 4.78 is 13.7. The van der Waals surface area contributed by atoms with E-state index in [9.17, 15) is 14.0 Å². The van der Waals surface area contributed by atoms with Crippen LogP contribution in [0.25, 0.3) is 0 Å². The van der Waals surface area contributed by atoms with Gasteiger partial charge in [0.25, 0.3) is 11.8 Å². The topological polar surface area (TPSA) is 70.6 Å². The molecule has 0 aliphatic heterocycles. The molecule has 0 saturated carbocycles. The summed E-state index contributed by atoms with van der Waals surface area (Å²) >= 11 is 5.80. The van der Waals surface area contributed by atoms with Crippen molar-refractivity contribution in [2.45, 2.75) is 19.9 Å². The van der Waals surface area contributed by atoms with E-state index in [1.165, 1.54) is 24.4 Å². The Labute approximate surface area is 156 Å². The number of carbonyl (C=O) groups is 2. The molecule has 0 saturated heterocycles. The molecule has 2 rings (SSSR count). The molecule has 0 heterocycles. The van der Waals surface area contributed by atoms with Crippen LogP contribution < -0.4 is 10.7 Å². The second kappa shape index (κ2) is 9.10. The van der Waals surface area contributed by atoms with Crippen molar-refractivity contribution in [2.24, 2.45) is 11.0 Å². The van der Waals surface area contributed by atoms with E-state index in [1.54, 1.807) is 44.2 Å². The van der Waals surface area contributed by atoms with Gasteiger partial charge < -0.3 is 5.32 Å². The van der Waals surface area contributed by atoms with Gasteiger partial charge in [-0.15, -0.1) is 0 Å². The smallest absolute Gasteiger partial charge is 0.262 e. The summed E-state index contributed by atoms with van der Waals surface area (Å²) in [6, 6.07) is 11.6. The number of halogens is 2. The molecule has 0 spiro atoms. The lowest BCUT2D eigenvalue weighted by Crippen LogP contribution is -2.48. The Morgan fingerprint density at radius 2 is 1.77 bits per heavy atom. The first-order valence-electron chi connectivity index (χ1n) is 8.02. The van der Waals surface area contributed by atoms with Gasteiger partial charge in [0.2, 0.25) is 0 Å². The van der Waals surface area contributed by atoms with E-state index in [2.05, 4.69) is 15.8 Å². The van der Waals surface area contributed by atoms with Crippen molar-refractivity contribution in [2.75, 3.05) is 0 Å². The van der Waals surface area contributed by atoms with Crippen LogP contribution in [0.2, 0.25) is 5.02 Å². The van der Waals surface area contributed by atoms with E-state index in [4.69, 9.17) is 11.6 Å². The van der Waals surface area contributed by atoms with Gasteiger partial charge in [0.05, 0.1) is 11.8 Å². The van der Waals surface area contributed by atoms with Crippen LogP contribution in [0.1, 0.15) is 29.8 Å². The summed E-state index contributed by atoms with van der Waals surface area (Å²) in [6.07, 6.45) is 1.46. The SMILES string of the molecule is CC(C)C(NC(=O)c1ccccc1F)C(=O)N/N=C/c1ccc(Cl)cc1. The zero-order chi connectivity index (χ0) is 19.1. The van der Waals surface area contributed by atoms with E-state index in [0.29, 0.717) is 5.02 Å². The molecule has 1 atom stereocenters. The fraction of sp³-hybridized carbons (Fsp3) is 0.211. The number of rotatable bonds is 6. The monoisotopic (exact) mass is 375 g/mol. The highest BCUT2D eigenvalue weighted by molar-refractivity contribution is 6.30. The van der Waals surface area contributed by atoms with E-state index in [-0.39, 0.29) is 11.5 Å². The number of nitrogens with zero attached hydrogens (tertiary/aromatic N) is 1. The zero-order valence-electron chi connectivity index (χ0n) is 14.4. The van der Waals surface area contributed by atoms with Crippen molar-refractivity contribution in [3.63, 3.8) is 0 Å². The van der Waals surface area contributed by atoms with Gasteiger partial charge in [-0.3, -0.25) is 9.59 Å². The van der Waals surface area contributed by atoms with E-state index >= 15 is 0 Å². The molecule has 0 aliphatic rings. The second-order valence-electron chi connectivity index (χ2n) is 5.96. The molecule has 5 nitrogen and oxygen atoms in total. The lowest BCUT2D eigenvalue weighted by molar-refractivity contribution is -0.123. The zero-order valence-corrected chi connectivity index (χ0v) is 15.1. The van der Waals surface area contributed by atoms with Gasteiger partial charge in [0, 0.05) is 5.02 Å². The standard InChI is InChI=1S/C19H19ClFN3O2/c1-12(2)17(23-18(25)15-5-3-4-6-16(15)21)19(26)24-22-11-13-7-9-14(20)10-8-13/h3-12,17H,1-2H3,(H,23,25)(H,24,26)/b22-11+. The van der Waals surface area contributed by atoms with Crippen molar-refractivity contribution in [3.05, 3.63) is 70.5 Å². The van der Waals surface area contributed by atoms with Crippen LogP contribution in [-0.2, 0) is 4.79 Å². The predicted octanol–water partition coefficient (Wildman–Crippen LogP) is 3.38. The molecule has 0 aromatic heterocycles. The van der Waals surface area contributed by atoms with Crippen molar-refractivity contribution >= 4 is 29.6 Å². The average Bonchev–Trinajstić information content (AvgIpc) is 2.61. The third-order valence-corrected chi connectivity index (χ3v) is 3.86. The Morgan fingerprint density at radius 1 is 1.12 bits per heavy atom. The highest BCUT2D eigenvalue weighted by Gasteiger charge is 2.25. The maximum Gasteiger partial charge on any atom is 0.262 e. The van der Waals surface area contributed by atoms with Gasteiger partial charge in [0.1, 0.15) is 11.9 Å². The maximum absolute atomic E-state index is 13.7. The minimum Gasteiger partial charge on any atom is -0.340 e. The van der Waals surface area contributed by atoms with Crippen LogP contribution in [0.15, 0.2) is 53.6 Å². The van der Waals surface area contributed by atoms with Gasteiger partial charge in [-0.25, -0.2) is 9.82 Å². The highest BCUT2D eigenvalue weighted by atomic mass is 35.5. The Balaban J connectivity index is 2.02. The summed E-state index contributed by atoms with van der Waals surface area (Å²) in [7, 11) is 0. The van der Waals surface area contributed by atoms with Crippen LogP contribution >= 0.6 is 11.6 Å². The fourth-order valence-electron chi connectivity index (χ4n) is 2.19. The van der Waals surface area contributed by atoms with Crippen molar-refractivity contribution in [1.82, 2.24) is 10.7 Å². The van der Waals surface area contributed by atoms with Gasteiger partial charge in [-0.2, -0.15) is 5.10 Å². The molecule has 7 heteroatoms. The number of benzene rings is 2. The van der Waals surface area contributed by atoms with Crippen LogP contribution in [0.5, 0.6) is 0 Å². The lowest BCUT2D eigenvalue weighted by Gasteiger charge is -2.20. The number of amides is 2. The van der Waals surface area contributed by atoms with E-state index in [1.807, 2.05) is 0 Å². The van der Waals surface area contributed by atoms with Crippen molar-refractivity contribution < 1.29 is 14.0 Å². The number of hydrazone groups is 1. The lowest BCUT2D eigenvalue weighted by atomic mass is 10.0. The van der Waals surface area contributed by atoms with Gasteiger partial charge in [0.15, 0.2) is 0 Å². The molecule has 136 valence electrons. The Morgan fingerprint density at radius 3 is 2.38 bits per heavy atom. The van der Waals surface area contributed by atoms with Crippen molar-refractivity contribution in [1.29, 1.82) is 0 Å². The molecule has 0 fully saturated rings. The minimum absolute atomic E-state index is 0.115. The molecular weight excluding hydrogens is 357 g/mol. The first kappa shape index (κ1) is 19.6. The van der Waals surface area contributed by atoms with Crippen LogP contribution in [0.4, 0.5) is 4.39 Å². The van der Waals surface area contributed by atoms with Gasteiger partial charge >= 0.3 is 0 Å². The molecule has 26 heavy (non-hydrogen) atoms. The number of carbonyl (C=O) groups excluding carboxylic acids is 2.